The molecule has 5 nitrogen and oxygen atoms in total. The van der Waals surface area contributed by atoms with Crippen molar-refractivity contribution in [3.63, 3.8) is 0 Å². The largest absolute Gasteiger partial charge is 0.466 e. The monoisotopic (exact) mass is 342 g/mol. The van der Waals surface area contributed by atoms with E-state index in [1.165, 1.54) is 5.56 Å². The van der Waals surface area contributed by atoms with Crippen molar-refractivity contribution >= 4 is 11.8 Å². The third-order valence-electron chi connectivity index (χ3n) is 4.04. The van der Waals surface area contributed by atoms with Crippen LogP contribution in [0.25, 0.3) is 0 Å². The second-order valence-electron chi connectivity index (χ2n) is 6.33. The Kier molecular flexibility index (Phi) is 6.81. The third kappa shape index (κ3) is 6.10. The zero-order valence-corrected chi connectivity index (χ0v) is 15.1. The molecule has 2 N–H and O–H groups in total. The van der Waals surface area contributed by atoms with Crippen molar-refractivity contribution in [1.82, 2.24) is 10.6 Å². The number of nitrogens with one attached hydrogen (secondary N) is 2. The number of aryl methyl sites for hydroxylation is 3. The first-order chi connectivity index (χ1) is 12.0. The summed E-state index contributed by atoms with van der Waals surface area (Å²) in [6, 6.07) is 12.0. The Hall–Kier alpha value is -2.56. The van der Waals surface area contributed by atoms with Gasteiger partial charge in [-0.3, -0.25) is 9.59 Å². The minimum absolute atomic E-state index is 0.0547. The van der Waals surface area contributed by atoms with Crippen molar-refractivity contribution in [3.8, 4) is 0 Å². The van der Waals surface area contributed by atoms with Crippen LogP contribution in [-0.4, -0.2) is 24.4 Å². The fourth-order valence-corrected chi connectivity index (χ4v) is 2.69. The van der Waals surface area contributed by atoms with Crippen LogP contribution in [0.2, 0.25) is 0 Å². The number of carbonyl (C=O) groups is 2. The summed E-state index contributed by atoms with van der Waals surface area (Å²) >= 11 is 0. The second kappa shape index (κ2) is 9.06. The molecule has 0 fully saturated rings. The molecule has 0 spiro atoms. The number of benzene rings is 1. The molecule has 2 amide bonds. The lowest BCUT2D eigenvalue weighted by molar-refractivity contribution is -0.121. The number of hydrogen-bond donors (Lipinski definition) is 2. The molecule has 2 aromatic rings. The Balaban J connectivity index is 1.66. The summed E-state index contributed by atoms with van der Waals surface area (Å²) in [5.41, 5.74) is 1.79. The van der Waals surface area contributed by atoms with Crippen molar-refractivity contribution in [2.75, 3.05) is 6.54 Å². The normalized spacial score (nSPS) is 11.8. The molecule has 134 valence electrons. The van der Waals surface area contributed by atoms with Gasteiger partial charge in [0.2, 0.25) is 5.91 Å². The summed E-state index contributed by atoms with van der Waals surface area (Å²) in [7, 11) is 0. The van der Waals surface area contributed by atoms with E-state index in [1.807, 2.05) is 25.1 Å². The van der Waals surface area contributed by atoms with Gasteiger partial charge in [-0.2, -0.15) is 0 Å². The molecule has 2 rings (SSSR count). The van der Waals surface area contributed by atoms with Crippen LogP contribution in [0.15, 0.2) is 40.8 Å². The molecular formula is C20H26N2O3. The lowest BCUT2D eigenvalue weighted by Gasteiger charge is -2.14. The van der Waals surface area contributed by atoms with E-state index in [0.29, 0.717) is 23.6 Å². The first-order valence-corrected chi connectivity index (χ1v) is 8.64. The van der Waals surface area contributed by atoms with E-state index in [4.69, 9.17) is 4.42 Å². The molecule has 1 aromatic heterocycles. The van der Waals surface area contributed by atoms with Gasteiger partial charge < -0.3 is 15.1 Å². The van der Waals surface area contributed by atoms with Gasteiger partial charge >= 0.3 is 0 Å². The van der Waals surface area contributed by atoms with E-state index >= 15 is 0 Å². The van der Waals surface area contributed by atoms with Crippen LogP contribution in [0, 0.1) is 13.8 Å². The summed E-state index contributed by atoms with van der Waals surface area (Å²) in [6.45, 7) is 5.86. The number of amides is 2. The van der Waals surface area contributed by atoms with E-state index in [-0.39, 0.29) is 24.3 Å². The van der Waals surface area contributed by atoms with Crippen molar-refractivity contribution in [3.05, 3.63) is 59.0 Å². The van der Waals surface area contributed by atoms with Crippen LogP contribution in [0.4, 0.5) is 0 Å². The Labute approximate surface area is 148 Å². The molecule has 0 saturated carbocycles. The maximum absolute atomic E-state index is 12.0. The molecule has 1 heterocycles. The molecule has 0 radical (unpaired) electrons. The minimum Gasteiger partial charge on any atom is -0.466 e. The quantitative estimate of drug-likeness (QED) is 0.774. The highest BCUT2D eigenvalue weighted by molar-refractivity contribution is 5.95. The van der Waals surface area contributed by atoms with Crippen LogP contribution in [0.5, 0.6) is 0 Å². The Morgan fingerprint density at radius 3 is 2.52 bits per heavy atom. The lowest BCUT2D eigenvalue weighted by atomic mass is 10.1. The van der Waals surface area contributed by atoms with Gasteiger partial charge in [-0.15, -0.1) is 0 Å². The molecule has 1 unspecified atom stereocenters. The summed E-state index contributed by atoms with van der Waals surface area (Å²) in [5.74, 6) is 1.03. The van der Waals surface area contributed by atoms with E-state index < -0.39 is 0 Å². The maximum atomic E-state index is 12.0. The predicted octanol–water partition coefficient (Wildman–Crippen LogP) is 3.15. The second-order valence-corrected chi connectivity index (χ2v) is 6.33. The molecule has 0 aliphatic heterocycles. The fourth-order valence-electron chi connectivity index (χ4n) is 2.69. The first-order valence-electron chi connectivity index (χ1n) is 8.64. The third-order valence-corrected chi connectivity index (χ3v) is 4.04. The Bertz CT molecular complexity index is 707. The van der Waals surface area contributed by atoms with Gasteiger partial charge in [0.15, 0.2) is 0 Å². The van der Waals surface area contributed by atoms with Gasteiger partial charge in [-0.1, -0.05) is 30.3 Å². The molecule has 0 bridgehead atoms. The molecule has 1 atom stereocenters. The van der Waals surface area contributed by atoms with Crippen molar-refractivity contribution < 1.29 is 14.0 Å². The topological polar surface area (TPSA) is 71.3 Å². The summed E-state index contributed by atoms with van der Waals surface area (Å²) in [6.07, 6.45) is 2.07. The molecular weight excluding hydrogens is 316 g/mol. The number of carbonyl (C=O) groups excluding carboxylic acids is 2. The first kappa shape index (κ1) is 18.8. The SMILES string of the molecule is Cc1cc(C(=O)NCCC(=O)NC(C)CCc2ccccc2)c(C)o1. The van der Waals surface area contributed by atoms with Gasteiger partial charge in [0.05, 0.1) is 5.56 Å². The average Bonchev–Trinajstić information content (AvgIpc) is 2.92. The molecule has 25 heavy (non-hydrogen) atoms. The molecule has 0 aliphatic carbocycles. The Morgan fingerprint density at radius 2 is 1.88 bits per heavy atom. The number of rotatable bonds is 8. The van der Waals surface area contributed by atoms with Gasteiger partial charge in [0.25, 0.3) is 5.91 Å². The van der Waals surface area contributed by atoms with E-state index in [1.54, 1.807) is 19.9 Å². The minimum atomic E-state index is -0.209. The van der Waals surface area contributed by atoms with Crippen LogP contribution in [0.3, 0.4) is 0 Å². The number of furan rings is 1. The summed E-state index contributed by atoms with van der Waals surface area (Å²) in [4.78, 5) is 24.0. The maximum Gasteiger partial charge on any atom is 0.254 e. The van der Waals surface area contributed by atoms with Gasteiger partial charge in [-0.25, -0.2) is 0 Å². The highest BCUT2D eigenvalue weighted by Crippen LogP contribution is 2.13. The molecule has 1 aromatic carbocycles. The smallest absolute Gasteiger partial charge is 0.254 e. The van der Waals surface area contributed by atoms with Crippen LogP contribution >= 0.6 is 0 Å². The number of hydrogen-bond acceptors (Lipinski definition) is 3. The lowest BCUT2D eigenvalue weighted by Crippen LogP contribution is -2.35. The van der Waals surface area contributed by atoms with Crippen LogP contribution in [0.1, 0.15) is 47.2 Å². The average molecular weight is 342 g/mol. The highest BCUT2D eigenvalue weighted by atomic mass is 16.3. The zero-order valence-electron chi connectivity index (χ0n) is 15.1. The van der Waals surface area contributed by atoms with Crippen molar-refractivity contribution in [2.24, 2.45) is 0 Å². The molecule has 5 heteroatoms. The zero-order chi connectivity index (χ0) is 18.2. The van der Waals surface area contributed by atoms with E-state index in [0.717, 1.165) is 12.8 Å². The predicted molar refractivity (Wildman–Crippen MR) is 97.5 cm³/mol. The summed E-state index contributed by atoms with van der Waals surface area (Å²) < 4.78 is 5.34. The molecule has 0 saturated heterocycles. The van der Waals surface area contributed by atoms with E-state index in [2.05, 4.69) is 22.8 Å². The van der Waals surface area contributed by atoms with Gasteiger partial charge in [-0.05, 0) is 45.2 Å². The highest BCUT2D eigenvalue weighted by Gasteiger charge is 2.14. The summed E-state index contributed by atoms with van der Waals surface area (Å²) in [5, 5.41) is 5.73. The fraction of sp³-hybridized carbons (Fsp3) is 0.400. The van der Waals surface area contributed by atoms with Gasteiger partial charge in [0.1, 0.15) is 11.5 Å². The molecule has 0 aliphatic rings. The standard InChI is InChI=1S/C20H26N2O3/c1-14(9-10-17-7-5-4-6-8-17)22-19(23)11-12-21-20(24)18-13-15(2)25-16(18)3/h4-8,13-14H,9-12H2,1-3H3,(H,21,24)(H,22,23). The van der Waals surface area contributed by atoms with Crippen LogP contribution in [-0.2, 0) is 11.2 Å². The van der Waals surface area contributed by atoms with E-state index in [9.17, 15) is 9.59 Å². The van der Waals surface area contributed by atoms with Crippen molar-refractivity contribution in [2.45, 2.75) is 46.1 Å². The van der Waals surface area contributed by atoms with Crippen LogP contribution < -0.4 is 10.6 Å². The van der Waals surface area contributed by atoms with Crippen molar-refractivity contribution in [1.29, 1.82) is 0 Å². The Morgan fingerprint density at radius 1 is 1.16 bits per heavy atom. The van der Waals surface area contributed by atoms with Gasteiger partial charge in [0, 0.05) is 19.0 Å².